The van der Waals surface area contributed by atoms with Crippen LogP contribution in [-0.2, 0) is 9.68 Å². The van der Waals surface area contributed by atoms with Crippen molar-refractivity contribution >= 4 is 0 Å². The Morgan fingerprint density at radius 1 is 0.889 bits per heavy atom. The largest absolute Gasteiger partial charge is 0.280 e. The summed E-state index contributed by atoms with van der Waals surface area (Å²) >= 11 is 0. The monoisotopic (exact) mass is 243 g/mol. The molecule has 3 heteroatoms. The Morgan fingerprint density at radius 3 is 1.83 bits per heavy atom. The Kier molecular flexibility index (Phi) is 4.47. The maximum atomic E-state index is 4.22. The van der Waals surface area contributed by atoms with Crippen LogP contribution in [0.25, 0.3) is 0 Å². The molecule has 0 aromatic heterocycles. The molecular weight excluding hydrogens is 226 g/mol. The number of benzene rings is 1. The molecule has 3 nitrogen and oxygen atoms in total. The lowest BCUT2D eigenvalue weighted by atomic mass is 9.93. The third-order valence-corrected chi connectivity index (χ3v) is 2.90. The molecule has 0 unspecified atom stereocenters. The fourth-order valence-corrected chi connectivity index (χ4v) is 2.19. The van der Waals surface area contributed by atoms with Gasteiger partial charge in [0, 0.05) is 5.92 Å². The minimum atomic E-state index is 0.529. The molecule has 3 rings (SSSR count). The van der Waals surface area contributed by atoms with Crippen LogP contribution in [-0.4, -0.2) is 14.2 Å². The summed E-state index contributed by atoms with van der Waals surface area (Å²) in [4.78, 5) is 8.44. The van der Waals surface area contributed by atoms with Crippen LogP contribution in [0, 0.1) is 0 Å². The van der Waals surface area contributed by atoms with Crippen molar-refractivity contribution in [2.24, 2.45) is 0 Å². The molecule has 0 aliphatic heterocycles. The van der Waals surface area contributed by atoms with E-state index in [1.165, 1.54) is 30.9 Å². The minimum Gasteiger partial charge on any atom is -0.280 e. The van der Waals surface area contributed by atoms with Gasteiger partial charge in [-0.25, -0.2) is 0 Å². The first-order chi connectivity index (χ1) is 8.86. The second-order valence-corrected chi connectivity index (χ2v) is 4.00. The third-order valence-electron chi connectivity index (χ3n) is 2.90. The van der Waals surface area contributed by atoms with E-state index in [9.17, 15) is 0 Å². The molecule has 0 amide bonds. The van der Waals surface area contributed by atoms with Crippen molar-refractivity contribution in [1.82, 2.24) is 5.64 Å². The van der Waals surface area contributed by atoms with Crippen molar-refractivity contribution in [3.05, 3.63) is 71.3 Å². The summed E-state index contributed by atoms with van der Waals surface area (Å²) in [7, 11) is 2.95. The molecule has 1 aromatic carbocycles. The average Bonchev–Trinajstić information content (AvgIpc) is 3.01. The Bertz CT molecular complexity index is 451. The number of allylic oxidation sites excluding steroid dienone is 6. The van der Waals surface area contributed by atoms with E-state index in [0.717, 1.165) is 0 Å². The first-order valence-corrected chi connectivity index (χ1v) is 5.82. The zero-order valence-corrected chi connectivity index (χ0v) is 10.6. The summed E-state index contributed by atoms with van der Waals surface area (Å²) in [6, 6.07) is 10.7. The number of rotatable bonds is 3. The molecule has 2 aliphatic rings. The van der Waals surface area contributed by atoms with Gasteiger partial charge in [0.25, 0.3) is 0 Å². The van der Waals surface area contributed by atoms with Gasteiger partial charge in [0.2, 0.25) is 0 Å². The topological polar surface area (TPSA) is 30.5 Å². The van der Waals surface area contributed by atoms with Crippen LogP contribution in [0.4, 0.5) is 0 Å². The molecule has 94 valence electrons. The van der Waals surface area contributed by atoms with Crippen LogP contribution < -0.4 is 5.64 Å². The van der Waals surface area contributed by atoms with Gasteiger partial charge in [-0.2, -0.15) is 0 Å². The average molecular weight is 243 g/mol. The molecule has 0 saturated heterocycles. The van der Waals surface area contributed by atoms with Crippen LogP contribution in [0.1, 0.15) is 11.5 Å². The Morgan fingerprint density at radius 2 is 1.44 bits per heavy atom. The SMILES string of the molecule is C1=CC2=CC=C1C2c1ccccc1.CONOC. The molecule has 0 atom stereocenters. The van der Waals surface area contributed by atoms with Crippen molar-refractivity contribution in [3.63, 3.8) is 0 Å². The maximum Gasteiger partial charge on any atom is 0.0599 e. The molecule has 0 fully saturated rings. The fraction of sp³-hybridized carbons (Fsp3) is 0.200. The van der Waals surface area contributed by atoms with Crippen LogP contribution in [0.2, 0.25) is 0 Å². The minimum absolute atomic E-state index is 0.529. The summed E-state index contributed by atoms with van der Waals surface area (Å²) in [5.41, 5.74) is 6.38. The number of hydrogen-bond donors (Lipinski definition) is 1. The van der Waals surface area contributed by atoms with Gasteiger partial charge in [0.15, 0.2) is 0 Å². The van der Waals surface area contributed by atoms with Gasteiger partial charge in [0.1, 0.15) is 0 Å². The van der Waals surface area contributed by atoms with E-state index in [2.05, 4.69) is 70.0 Å². The smallest absolute Gasteiger partial charge is 0.0599 e. The van der Waals surface area contributed by atoms with Crippen molar-refractivity contribution < 1.29 is 9.68 Å². The second-order valence-electron chi connectivity index (χ2n) is 4.00. The van der Waals surface area contributed by atoms with Gasteiger partial charge < -0.3 is 0 Å². The molecule has 0 radical (unpaired) electrons. The normalized spacial score (nSPS) is 16.1. The van der Waals surface area contributed by atoms with E-state index < -0.39 is 0 Å². The molecule has 1 N–H and O–H groups in total. The fourth-order valence-electron chi connectivity index (χ4n) is 2.19. The van der Waals surface area contributed by atoms with Gasteiger partial charge in [-0.3, -0.25) is 9.68 Å². The van der Waals surface area contributed by atoms with E-state index >= 15 is 0 Å². The molecule has 0 heterocycles. The molecule has 2 bridgehead atoms. The summed E-state index contributed by atoms with van der Waals surface area (Å²) in [5, 5.41) is 0. The van der Waals surface area contributed by atoms with Crippen molar-refractivity contribution in [2.45, 2.75) is 5.92 Å². The second kappa shape index (κ2) is 6.31. The van der Waals surface area contributed by atoms with E-state index in [1.807, 2.05) is 0 Å². The van der Waals surface area contributed by atoms with Crippen LogP contribution in [0.15, 0.2) is 65.8 Å². The first-order valence-electron chi connectivity index (χ1n) is 5.82. The quantitative estimate of drug-likeness (QED) is 0.828. The third kappa shape index (κ3) is 2.76. The first kappa shape index (κ1) is 12.8. The number of hydrogen-bond acceptors (Lipinski definition) is 3. The number of nitrogens with one attached hydrogen (secondary N) is 1. The standard InChI is InChI=1S/C13H10.C2H7NO2/c1-2-4-10(5-3-1)13-11-6-7-12(13)9-8-11;1-4-3-5-2/h1-9,13H;3H,1-2H3. The van der Waals surface area contributed by atoms with Crippen molar-refractivity contribution in [3.8, 4) is 0 Å². The highest BCUT2D eigenvalue weighted by atomic mass is 16.9. The Hall–Kier alpha value is -1.68. The number of fused-ring (bicyclic) bond motifs is 2. The molecular formula is C15H17NO2. The van der Waals surface area contributed by atoms with Crippen molar-refractivity contribution in [1.29, 1.82) is 0 Å². The summed E-state index contributed by atoms with van der Waals surface area (Å²) in [6.07, 6.45) is 8.86. The Labute approximate surface area is 107 Å². The Balaban J connectivity index is 0.000000209. The highest BCUT2D eigenvalue weighted by Gasteiger charge is 2.25. The lowest BCUT2D eigenvalue weighted by Crippen LogP contribution is -2.07. The van der Waals surface area contributed by atoms with Crippen LogP contribution in [0.5, 0.6) is 0 Å². The van der Waals surface area contributed by atoms with E-state index in [0.29, 0.717) is 5.92 Å². The predicted molar refractivity (Wildman–Crippen MR) is 71.6 cm³/mol. The van der Waals surface area contributed by atoms with E-state index in [1.54, 1.807) is 0 Å². The summed E-state index contributed by atoms with van der Waals surface area (Å²) in [6.45, 7) is 0. The highest BCUT2D eigenvalue weighted by molar-refractivity contribution is 5.60. The summed E-state index contributed by atoms with van der Waals surface area (Å²) < 4.78 is 0. The predicted octanol–water partition coefficient (Wildman–Crippen LogP) is 2.91. The van der Waals surface area contributed by atoms with Gasteiger partial charge in [-0.15, -0.1) is 0 Å². The molecule has 2 aliphatic carbocycles. The lowest BCUT2D eigenvalue weighted by Gasteiger charge is -2.10. The zero-order valence-electron chi connectivity index (χ0n) is 10.6. The van der Waals surface area contributed by atoms with Gasteiger partial charge in [-0.05, 0) is 16.7 Å². The van der Waals surface area contributed by atoms with Crippen LogP contribution >= 0.6 is 0 Å². The van der Waals surface area contributed by atoms with Gasteiger partial charge in [-0.1, -0.05) is 60.3 Å². The zero-order chi connectivity index (χ0) is 12.8. The molecule has 18 heavy (non-hydrogen) atoms. The van der Waals surface area contributed by atoms with Gasteiger partial charge in [0.05, 0.1) is 14.2 Å². The lowest BCUT2D eigenvalue weighted by molar-refractivity contribution is -0.130. The van der Waals surface area contributed by atoms with Crippen molar-refractivity contribution in [2.75, 3.05) is 14.2 Å². The van der Waals surface area contributed by atoms with E-state index in [4.69, 9.17) is 0 Å². The molecule has 1 aromatic rings. The maximum absolute atomic E-state index is 4.22. The molecule has 0 saturated carbocycles. The van der Waals surface area contributed by atoms with Gasteiger partial charge >= 0.3 is 0 Å². The van der Waals surface area contributed by atoms with E-state index in [-0.39, 0.29) is 0 Å². The van der Waals surface area contributed by atoms with Crippen LogP contribution in [0.3, 0.4) is 0 Å². The molecule has 0 spiro atoms. The highest BCUT2D eigenvalue weighted by Crippen LogP contribution is 2.42. The summed E-state index contributed by atoms with van der Waals surface area (Å²) in [5.74, 6) is 0.529.